The first-order valence-electron chi connectivity index (χ1n) is 3.98. The molecule has 1 aliphatic rings. The SMILES string of the molecule is CC(=O)N[C@H]1NCC[C@@H](O)[C@@H]1O. The Balaban J connectivity index is 2.46. The second-order valence-electron chi connectivity index (χ2n) is 2.98. The molecule has 0 saturated carbocycles. The van der Waals surface area contributed by atoms with Crippen molar-refractivity contribution in [1.29, 1.82) is 0 Å². The van der Waals surface area contributed by atoms with E-state index in [1.165, 1.54) is 6.92 Å². The van der Waals surface area contributed by atoms with Crippen molar-refractivity contribution >= 4 is 5.91 Å². The molecule has 1 fully saturated rings. The molecule has 0 radical (unpaired) electrons. The summed E-state index contributed by atoms with van der Waals surface area (Å²) in [4.78, 5) is 10.6. The molecule has 0 bridgehead atoms. The molecular formula is C7H14N2O3. The molecule has 1 aliphatic heterocycles. The molecule has 5 heteroatoms. The van der Waals surface area contributed by atoms with E-state index in [-0.39, 0.29) is 5.91 Å². The van der Waals surface area contributed by atoms with E-state index in [0.29, 0.717) is 13.0 Å². The van der Waals surface area contributed by atoms with Crippen LogP contribution in [0.25, 0.3) is 0 Å². The van der Waals surface area contributed by atoms with Crippen LogP contribution in [0.1, 0.15) is 13.3 Å². The summed E-state index contributed by atoms with van der Waals surface area (Å²) in [5, 5.41) is 24.0. The number of hydrogen-bond donors (Lipinski definition) is 4. The Labute approximate surface area is 70.8 Å². The molecule has 3 atom stereocenters. The van der Waals surface area contributed by atoms with Gasteiger partial charge in [-0.25, -0.2) is 0 Å². The van der Waals surface area contributed by atoms with Crippen LogP contribution in [0, 0.1) is 0 Å². The van der Waals surface area contributed by atoms with Crippen molar-refractivity contribution in [3.63, 3.8) is 0 Å². The van der Waals surface area contributed by atoms with Crippen molar-refractivity contribution in [1.82, 2.24) is 10.6 Å². The number of nitrogens with one attached hydrogen (secondary N) is 2. The number of aliphatic hydroxyl groups excluding tert-OH is 2. The maximum atomic E-state index is 10.6. The van der Waals surface area contributed by atoms with Gasteiger partial charge in [0.05, 0.1) is 6.10 Å². The average molecular weight is 174 g/mol. The van der Waals surface area contributed by atoms with Gasteiger partial charge < -0.3 is 15.5 Å². The predicted molar refractivity (Wildman–Crippen MR) is 42.2 cm³/mol. The van der Waals surface area contributed by atoms with Crippen LogP contribution in [0.3, 0.4) is 0 Å². The molecule has 4 N–H and O–H groups in total. The summed E-state index contributed by atoms with van der Waals surface area (Å²) in [6.07, 6.45) is -1.67. The molecular weight excluding hydrogens is 160 g/mol. The van der Waals surface area contributed by atoms with Gasteiger partial charge in [0.2, 0.25) is 5.91 Å². The van der Waals surface area contributed by atoms with Crippen LogP contribution in [-0.4, -0.2) is 41.0 Å². The highest BCUT2D eigenvalue weighted by molar-refractivity contribution is 5.73. The van der Waals surface area contributed by atoms with Gasteiger partial charge in [0.15, 0.2) is 0 Å². The summed E-state index contributed by atoms with van der Waals surface area (Å²) in [6.45, 7) is 1.97. The van der Waals surface area contributed by atoms with E-state index < -0.39 is 18.4 Å². The van der Waals surface area contributed by atoms with E-state index >= 15 is 0 Å². The Kier molecular flexibility index (Phi) is 3.02. The largest absolute Gasteiger partial charge is 0.390 e. The highest BCUT2D eigenvalue weighted by atomic mass is 16.3. The lowest BCUT2D eigenvalue weighted by Crippen LogP contribution is -2.60. The van der Waals surface area contributed by atoms with Crippen LogP contribution in [0.15, 0.2) is 0 Å². The number of amides is 1. The molecule has 70 valence electrons. The van der Waals surface area contributed by atoms with Gasteiger partial charge in [-0.2, -0.15) is 0 Å². The monoisotopic (exact) mass is 174 g/mol. The van der Waals surface area contributed by atoms with Crippen LogP contribution in [-0.2, 0) is 4.79 Å². The molecule has 0 aromatic rings. The average Bonchev–Trinajstić information content (AvgIpc) is 1.98. The van der Waals surface area contributed by atoms with Crippen LogP contribution in [0.5, 0.6) is 0 Å². The zero-order valence-electron chi connectivity index (χ0n) is 6.95. The summed E-state index contributed by atoms with van der Waals surface area (Å²) in [5.74, 6) is -0.222. The predicted octanol–water partition coefficient (Wildman–Crippen LogP) is -1.84. The minimum Gasteiger partial charge on any atom is -0.390 e. The van der Waals surface area contributed by atoms with Gasteiger partial charge in [-0.15, -0.1) is 0 Å². The van der Waals surface area contributed by atoms with Crippen LogP contribution in [0.4, 0.5) is 0 Å². The topological polar surface area (TPSA) is 81.6 Å². The summed E-state index contributed by atoms with van der Waals surface area (Å²) in [5.41, 5.74) is 0. The Morgan fingerprint density at radius 3 is 2.83 bits per heavy atom. The summed E-state index contributed by atoms with van der Waals surface area (Å²) in [6, 6.07) is 0. The Hall–Kier alpha value is -0.650. The lowest BCUT2D eigenvalue weighted by Gasteiger charge is -2.32. The molecule has 0 aliphatic carbocycles. The first-order chi connectivity index (χ1) is 5.61. The third-order valence-corrected chi connectivity index (χ3v) is 1.90. The van der Waals surface area contributed by atoms with Crippen molar-refractivity contribution in [2.24, 2.45) is 0 Å². The molecule has 1 amide bonds. The highest BCUT2D eigenvalue weighted by Gasteiger charge is 2.30. The van der Waals surface area contributed by atoms with E-state index in [0.717, 1.165) is 0 Å². The molecule has 5 nitrogen and oxygen atoms in total. The second kappa shape index (κ2) is 3.84. The maximum absolute atomic E-state index is 10.6. The number of rotatable bonds is 1. The van der Waals surface area contributed by atoms with Crippen molar-refractivity contribution in [3.05, 3.63) is 0 Å². The van der Waals surface area contributed by atoms with Gasteiger partial charge >= 0.3 is 0 Å². The van der Waals surface area contributed by atoms with Gasteiger partial charge in [-0.3, -0.25) is 10.1 Å². The fourth-order valence-corrected chi connectivity index (χ4v) is 1.26. The van der Waals surface area contributed by atoms with E-state index in [2.05, 4.69) is 10.6 Å². The first-order valence-corrected chi connectivity index (χ1v) is 3.98. The summed E-state index contributed by atoms with van der Waals surface area (Å²) >= 11 is 0. The Morgan fingerprint density at radius 2 is 2.25 bits per heavy atom. The smallest absolute Gasteiger partial charge is 0.218 e. The highest BCUT2D eigenvalue weighted by Crippen LogP contribution is 2.07. The van der Waals surface area contributed by atoms with Crippen molar-refractivity contribution in [2.45, 2.75) is 31.7 Å². The number of carbonyl (C=O) groups is 1. The van der Waals surface area contributed by atoms with Crippen LogP contribution < -0.4 is 10.6 Å². The standard InChI is InChI=1S/C7H14N2O3/c1-4(10)9-7-6(12)5(11)2-3-8-7/h5-8,11-12H,2-3H2,1H3,(H,9,10)/t5-,6+,7-/m1/s1. The van der Waals surface area contributed by atoms with E-state index in [1.54, 1.807) is 0 Å². The Bertz CT molecular complexity index is 174. The number of carbonyl (C=O) groups excluding carboxylic acids is 1. The van der Waals surface area contributed by atoms with Crippen LogP contribution >= 0.6 is 0 Å². The summed E-state index contributed by atoms with van der Waals surface area (Å²) < 4.78 is 0. The zero-order chi connectivity index (χ0) is 9.14. The molecule has 1 saturated heterocycles. The lowest BCUT2D eigenvalue weighted by atomic mass is 10.0. The van der Waals surface area contributed by atoms with Gasteiger partial charge in [-0.1, -0.05) is 0 Å². The fourth-order valence-electron chi connectivity index (χ4n) is 1.26. The van der Waals surface area contributed by atoms with Gasteiger partial charge in [0.1, 0.15) is 12.3 Å². The van der Waals surface area contributed by atoms with Crippen molar-refractivity contribution in [3.8, 4) is 0 Å². The van der Waals surface area contributed by atoms with E-state index in [9.17, 15) is 15.0 Å². The second-order valence-corrected chi connectivity index (χ2v) is 2.98. The number of piperidine rings is 1. The molecule has 0 unspecified atom stereocenters. The van der Waals surface area contributed by atoms with E-state index in [1.807, 2.05) is 0 Å². The Morgan fingerprint density at radius 1 is 1.58 bits per heavy atom. The molecule has 0 aromatic heterocycles. The van der Waals surface area contributed by atoms with Gasteiger partial charge in [0, 0.05) is 6.92 Å². The number of hydrogen-bond acceptors (Lipinski definition) is 4. The third-order valence-electron chi connectivity index (χ3n) is 1.90. The third kappa shape index (κ3) is 2.17. The van der Waals surface area contributed by atoms with E-state index in [4.69, 9.17) is 0 Å². The molecule has 0 spiro atoms. The van der Waals surface area contributed by atoms with Crippen molar-refractivity contribution in [2.75, 3.05) is 6.54 Å². The quantitative estimate of drug-likeness (QED) is 0.377. The normalized spacial score (nSPS) is 36.1. The number of aliphatic hydroxyl groups is 2. The molecule has 1 rings (SSSR count). The zero-order valence-corrected chi connectivity index (χ0v) is 6.95. The van der Waals surface area contributed by atoms with Crippen LogP contribution in [0.2, 0.25) is 0 Å². The maximum Gasteiger partial charge on any atom is 0.218 e. The molecule has 0 aromatic carbocycles. The lowest BCUT2D eigenvalue weighted by molar-refractivity contribution is -0.122. The van der Waals surface area contributed by atoms with Gasteiger partial charge in [0.25, 0.3) is 0 Å². The van der Waals surface area contributed by atoms with Crippen molar-refractivity contribution < 1.29 is 15.0 Å². The molecule has 1 heterocycles. The first kappa shape index (κ1) is 9.44. The summed E-state index contributed by atoms with van der Waals surface area (Å²) in [7, 11) is 0. The molecule has 12 heavy (non-hydrogen) atoms. The fraction of sp³-hybridized carbons (Fsp3) is 0.857. The minimum atomic E-state index is -0.914. The minimum absolute atomic E-state index is 0.222. The van der Waals surface area contributed by atoms with Gasteiger partial charge in [-0.05, 0) is 13.0 Å².